The van der Waals surface area contributed by atoms with Crippen LogP contribution >= 0.6 is 0 Å². The first-order chi connectivity index (χ1) is 10.1. The van der Waals surface area contributed by atoms with Gasteiger partial charge in [0.1, 0.15) is 6.10 Å². The quantitative estimate of drug-likeness (QED) is 0.737. The highest BCUT2D eigenvalue weighted by Crippen LogP contribution is 2.29. The third-order valence-electron chi connectivity index (χ3n) is 3.35. The maximum Gasteiger partial charge on any atom is 0.161 e. The van der Waals surface area contributed by atoms with Crippen LogP contribution in [-0.2, 0) is 0 Å². The minimum absolute atomic E-state index is 0.103. The molecule has 1 N–H and O–H groups in total. The van der Waals surface area contributed by atoms with Gasteiger partial charge in [-0.25, -0.2) is 0 Å². The van der Waals surface area contributed by atoms with Crippen molar-refractivity contribution in [2.24, 2.45) is 0 Å². The summed E-state index contributed by atoms with van der Waals surface area (Å²) in [5, 5.41) is 3.50. The molecule has 0 saturated carbocycles. The van der Waals surface area contributed by atoms with E-state index >= 15 is 0 Å². The second kappa shape index (κ2) is 9.46. The number of benzene rings is 1. The molecule has 1 aromatic carbocycles. The molecule has 118 valence electrons. The highest BCUT2D eigenvalue weighted by molar-refractivity contribution is 5.55. The van der Waals surface area contributed by atoms with Gasteiger partial charge in [0, 0.05) is 12.6 Å². The number of nitrogens with one attached hydrogen (secondary N) is 1. The van der Waals surface area contributed by atoms with Gasteiger partial charge in [-0.2, -0.15) is 0 Å². The number of rotatable bonds is 9. The smallest absolute Gasteiger partial charge is 0.161 e. The van der Waals surface area contributed by atoms with Crippen LogP contribution in [0.25, 0.3) is 6.08 Å². The highest BCUT2D eigenvalue weighted by Gasteiger charge is 2.10. The summed E-state index contributed by atoms with van der Waals surface area (Å²) in [4.78, 5) is 0. The van der Waals surface area contributed by atoms with Gasteiger partial charge in [-0.15, -0.1) is 0 Å². The average molecular weight is 291 g/mol. The van der Waals surface area contributed by atoms with E-state index in [9.17, 15) is 0 Å². The van der Waals surface area contributed by atoms with Crippen LogP contribution in [0.1, 0.15) is 46.1 Å². The zero-order chi connectivity index (χ0) is 15.7. The monoisotopic (exact) mass is 291 g/mol. The van der Waals surface area contributed by atoms with Crippen molar-refractivity contribution in [1.82, 2.24) is 5.32 Å². The van der Waals surface area contributed by atoms with Gasteiger partial charge in [0.25, 0.3) is 0 Å². The minimum Gasteiger partial charge on any atom is -0.493 e. The van der Waals surface area contributed by atoms with Crippen LogP contribution in [0.5, 0.6) is 11.5 Å². The van der Waals surface area contributed by atoms with E-state index in [4.69, 9.17) is 9.47 Å². The van der Waals surface area contributed by atoms with Gasteiger partial charge in [0.2, 0.25) is 0 Å². The molecule has 0 fully saturated rings. The molecular formula is C18H29NO2. The number of methoxy groups -OCH3 is 1. The van der Waals surface area contributed by atoms with E-state index in [0.717, 1.165) is 23.6 Å². The van der Waals surface area contributed by atoms with Crippen LogP contribution in [0, 0.1) is 0 Å². The van der Waals surface area contributed by atoms with E-state index in [1.54, 1.807) is 7.11 Å². The molecule has 0 aliphatic carbocycles. The lowest BCUT2D eigenvalue weighted by Crippen LogP contribution is -2.35. The Labute approximate surface area is 129 Å². The summed E-state index contributed by atoms with van der Waals surface area (Å²) in [6, 6.07) is 6.53. The molecule has 0 heterocycles. The van der Waals surface area contributed by atoms with Gasteiger partial charge in [-0.05, 0) is 44.9 Å². The molecular weight excluding hydrogens is 262 g/mol. The lowest BCUT2D eigenvalue weighted by molar-refractivity contribution is 0.202. The maximum absolute atomic E-state index is 5.99. The second-order valence-electron chi connectivity index (χ2n) is 5.44. The summed E-state index contributed by atoms with van der Waals surface area (Å²) in [5.41, 5.74) is 1.11. The topological polar surface area (TPSA) is 30.5 Å². The summed E-state index contributed by atoms with van der Waals surface area (Å²) in [7, 11) is 1.67. The third kappa shape index (κ3) is 6.21. The Morgan fingerprint density at radius 1 is 1.24 bits per heavy atom. The van der Waals surface area contributed by atoms with Gasteiger partial charge < -0.3 is 14.8 Å². The molecule has 3 nitrogen and oxygen atoms in total. The molecule has 0 amide bonds. The number of allylic oxidation sites excluding steroid dienone is 1. The molecule has 0 bridgehead atoms. The summed E-state index contributed by atoms with van der Waals surface area (Å²) in [6.07, 6.45) is 6.55. The first-order valence-electron chi connectivity index (χ1n) is 7.81. The molecule has 0 saturated heterocycles. The second-order valence-corrected chi connectivity index (χ2v) is 5.44. The molecule has 3 heteroatoms. The molecule has 2 unspecified atom stereocenters. The largest absolute Gasteiger partial charge is 0.493 e. The normalized spacial score (nSPS) is 14.1. The van der Waals surface area contributed by atoms with Crippen molar-refractivity contribution < 1.29 is 9.47 Å². The molecule has 0 aliphatic heterocycles. The molecule has 0 aromatic heterocycles. The molecule has 1 rings (SSSR count). The van der Waals surface area contributed by atoms with Gasteiger partial charge in [0.15, 0.2) is 11.5 Å². The van der Waals surface area contributed by atoms with Crippen molar-refractivity contribution >= 4 is 6.08 Å². The fourth-order valence-corrected chi connectivity index (χ4v) is 2.24. The van der Waals surface area contributed by atoms with E-state index in [1.807, 2.05) is 37.3 Å². The molecule has 0 spiro atoms. The van der Waals surface area contributed by atoms with Crippen LogP contribution < -0.4 is 14.8 Å². The van der Waals surface area contributed by atoms with Crippen LogP contribution in [0.3, 0.4) is 0 Å². The Morgan fingerprint density at radius 2 is 2.00 bits per heavy atom. The van der Waals surface area contributed by atoms with Crippen LogP contribution in [0.2, 0.25) is 0 Å². The third-order valence-corrected chi connectivity index (χ3v) is 3.35. The van der Waals surface area contributed by atoms with Crippen molar-refractivity contribution in [1.29, 1.82) is 0 Å². The van der Waals surface area contributed by atoms with Crippen molar-refractivity contribution in [3.63, 3.8) is 0 Å². The predicted octanol–water partition coefficient (Wildman–Crippen LogP) is 4.27. The summed E-state index contributed by atoms with van der Waals surface area (Å²) >= 11 is 0. The summed E-state index contributed by atoms with van der Waals surface area (Å²) < 4.78 is 11.4. The fourth-order valence-electron chi connectivity index (χ4n) is 2.24. The maximum atomic E-state index is 5.99. The van der Waals surface area contributed by atoms with Gasteiger partial charge >= 0.3 is 0 Å². The Bertz CT molecular complexity index is 443. The van der Waals surface area contributed by atoms with E-state index in [1.165, 1.54) is 12.8 Å². The zero-order valence-corrected chi connectivity index (χ0v) is 14.0. The lowest BCUT2D eigenvalue weighted by Gasteiger charge is -2.20. The molecule has 0 radical (unpaired) electrons. The molecule has 21 heavy (non-hydrogen) atoms. The predicted molar refractivity (Wildman–Crippen MR) is 90.2 cm³/mol. The molecule has 0 aliphatic rings. The molecule has 1 aromatic rings. The van der Waals surface area contributed by atoms with E-state index in [-0.39, 0.29) is 6.10 Å². The van der Waals surface area contributed by atoms with E-state index in [0.29, 0.717) is 6.04 Å². The zero-order valence-electron chi connectivity index (χ0n) is 14.0. The van der Waals surface area contributed by atoms with E-state index in [2.05, 4.69) is 26.1 Å². The van der Waals surface area contributed by atoms with Gasteiger partial charge in [-0.1, -0.05) is 31.6 Å². The highest BCUT2D eigenvalue weighted by atomic mass is 16.5. The van der Waals surface area contributed by atoms with Crippen molar-refractivity contribution in [2.75, 3.05) is 13.7 Å². The van der Waals surface area contributed by atoms with E-state index < -0.39 is 0 Å². The van der Waals surface area contributed by atoms with Gasteiger partial charge in [0.05, 0.1) is 7.11 Å². The van der Waals surface area contributed by atoms with Crippen molar-refractivity contribution in [3.05, 3.63) is 29.8 Å². The lowest BCUT2D eigenvalue weighted by atomic mass is 10.2. The number of hydrogen-bond acceptors (Lipinski definition) is 3. The van der Waals surface area contributed by atoms with Crippen LogP contribution in [0.15, 0.2) is 24.3 Å². The first kappa shape index (κ1) is 17.6. The summed E-state index contributed by atoms with van der Waals surface area (Å²) in [5.74, 6) is 1.57. The minimum atomic E-state index is 0.103. The molecule has 2 atom stereocenters. The Hall–Kier alpha value is -1.48. The SMILES string of the molecule is CC=Cc1ccc(OC(C)CNC(C)CCC)c(OC)c1. The van der Waals surface area contributed by atoms with Gasteiger partial charge in [-0.3, -0.25) is 0 Å². The number of hydrogen-bond donors (Lipinski definition) is 1. The van der Waals surface area contributed by atoms with Crippen LogP contribution in [0.4, 0.5) is 0 Å². The Morgan fingerprint density at radius 3 is 2.62 bits per heavy atom. The number of ether oxygens (including phenoxy) is 2. The van der Waals surface area contributed by atoms with Crippen molar-refractivity contribution in [3.8, 4) is 11.5 Å². The Balaban J connectivity index is 2.60. The fraction of sp³-hybridized carbons (Fsp3) is 0.556. The first-order valence-corrected chi connectivity index (χ1v) is 7.81. The average Bonchev–Trinajstić information content (AvgIpc) is 2.47. The van der Waals surface area contributed by atoms with Crippen molar-refractivity contribution in [2.45, 2.75) is 52.7 Å². The van der Waals surface area contributed by atoms with Crippen LogP contribution in [-0.4, -0.2) is 25.8 Å². The standard InChI is InChI=1S/C18H29NO2/c1-6-8-14(3)19-13-15(4)21-17-11-10-16(9-7-2)12-18(17)20-5/h7,9-12,14-15,19H,6,8,13H2,1-5H3. The Kier molecular flexibility index (Phi) is 7.91. The summed E-state index contributed by atoms with van der Waals surface area (Å²) in [6.45, 7) is 9.33.